The summed E-state index contributed by atoms with van der Waals surface area (Å²) in [6.45, 7) is 6.35. The van der Waals surface area contributed by atoms with Gasteiger partial charge < -0.3 is 20.4 Å². The molecule has 9 nitrogen and oxygen atoms in total. The van der Waals surface area contributed by atoms with E-state index in [0.29, 0.717) is 35.2 Å². The molecule has 1 saturated heterocycles. The molecule has 0 saturated carbocycles. The first-order chi connectivity index (χ1) is 18.4. The molecule has 2 aromatic carbocycles. The minimum absolute atomic E-state index is 0.147. The number of H-pyrrole nitrogens is 1. The summed E-state index contributed by atoms with van der Waals surface area (Å²) >= 11 is 0. The standard InChI is InChI=1S/C29H33FN4O5/c1-16-12-19(8-9-21(16)26(36)22-13-17(2)32-33-28(22)38)27(37)31-15-25(35)34-23(10-11-24(34)29(3,4)39)18-6-5-7-20(30)14-18/h5-9,12-14,23-24,26,36,39H,10-11,15H2,1-4H3,(H,31,37)(H,33,38)/t23-,24?,26?/m0/s1. The smallest absolute Gasteiger partial charge is 0.270 e. The van der Waals surface area contributed by atoms with Crippen LogP contribution in [0.4, 0.5) is 4.39 Å². The van der Waals surface area contributed by atoms with Crippen molar-refractivity contribution in [3.8, 4) is 0 Å². The molecule has 10 heteroatoms. The van der Waals surface area contributed by atoms with E-state index in [-0.39, 0.29) is 17.7 Å². The molecular formula is C29H33FN4O5. The molecule has 1 aliphatic rings. The summed E-state index contributed by atoms with van der Waals surface area (Å²) in [7, 11) is 0. The van der Waals surface area contributed by atoms with Gasteiger partial charge in [0.05, 0.1) is 35.5 Å². The first kappa shape index (κ1) is 28.1. The summed E-state index contributed by atoms with van der Waals surface area (Å²) in [6, 6.07) is 11.3. The number of nitrogens with one attached hydrogen (secondary N) is 2. The number of aliphatic hydroxyl groups is 2. The highest BCUT2D eigenvalue weighted by Crippen LogP contribution is 2.40. The number of amides is 2. The Labute approximate surface area is 225 Å². The minimum atomic E-state index is -1.21. The third-order valence-corrected chi connectivity index (χ3v) is 7.20. The Morgan fingerprint density at radius 1 is 1.15 bits per heavy atom. The van der Waals surface area contributed by atoms with Gasteiger partial charge in [-0.3, -0.25) is 14.4 Å². The van der Waals surface area contributed by atoms with E-state index in [2.05, 4.69) is 15.5 Å². The largest absolute Gasteiger partial charge is 0.388 e. The number of likely N-dealkylation sites (tertiary alicyclic amines) is 1. The predicted molar refractivity (Wildman–Crippen MR) is 142 cm³/mol. The van der Waals surface area contributed by atoms with Crippen LogP contribution in [0.5, 0.6) is 0 Å². The van der Waals surface area contributed by atoms with Crippen LogP contribution in [-0.4, -0.2) is 55.3 Å². The average molecular weight is 537 g/mol. The van der Waals surface area contributed by atoms with Gasteiger partial charge in [0.15, 0.2) is 0 Å². The van der Waals surface area contributed by atoms with Crippen LogP contribution >= 0.6 is 0 Å². The minimum Gasteiger partial charge on any atom is -0.388 e. The fraction of sp³-hybridized carbons (Fsp3) is 0.379. The summed E-state index contributed by atoms with van der Waals surface area (Å²) < 4.78 is 13.9. The number of aryl methyl sites for hydroxylation is 2. The molecule has 4 rings (SSSR count). The van der Waals surface area contributed by atoms with Gasteiger partial charge in [-0.05, 0) is 87.6 Å². The number of aromatic nitrogens is 2. The van der Waals surface area contributed by atoms with Gasteiger partial charge in [0.1, 0.15) is 11.9 Å². The van der Waals surface area contributed by atoms with Gasteiger partial charge in [-0.15, -0.1) is 0 Å². The van der Waals surface area contributed by atoms with Gasteiger partial charge in [-0.25, -0.2) is 9.49 Å². The molecule has 3 aromatic rings. The molecule has 0 bridgehead atoms. The molecule has 3 atom stereocenters. The van der Waals surface area contributed by atoms with Gasteiger partial charge in [0, 0.05) is 5.56 Å². The molecule has 0 radical (unpaired) electrons. The van der Waals surface area contributed by atoms with E-state index in [1.165, 1.54) is 24.3 Å². The van der Waals surface area contributed by atoms with Gasteiger partial charge in [-0.1, -0.05) is 18.2 Å². The Hall–Kier alpha value is -3.89. The molecule has 2 heterocycles. The number of aliphatic hydroxyl groups excluding tert-OH is 1. The van der Waals surface area contributed by atoms with Crippen LogP contribution in [0.25, 0.3) is 0 Å². The van der Waals surface area contributed by atoms with Crippen molar-refractivity contribution in [1.29, 1.82) is 0 Å². The molecule has 1 fully saturated rings. The number of carbonyl (C=O) groups excluding carboxylic acids is 2. The van der Waals surface area contributed by atoms with Gasteiger partial charge in [-0.2, -0.15) is 5.10 Å². The van der Waals surface area contributed by atoms with Crippen molar-refractivity contribution >= 4 is 11.8 Å². The number of aromatic amines is 1. The SMILES string of the molecule is Cc1cc(C(O)c2ccc(C(=O)NCC(=O)N3C(C(C)(C)O)CC[C@H]3c3cccc(F)c3)cc2C)c(=O)[nH]n1. The van der Waals surface area contributed by atoms with Gasteiger partial charge in [0.25, 0.3) is 11.5 Å². The van der Waals surface area contributed by atoms with Gasteiger partial charge >= 0.3 is 0 Å². The highest BCUT2D eigenvalue weighted by Gasteiger charge is 2.44. The molecule has 0 aliphatic carbocycles. The number of benzene rings is 2. The molecular weight excluding hydrogens is 503 g/mol. The Morgan fingerprint density at radius 3 is 2.56 bits per heavy atom. The molecule has 206 valence electrons. The van der Waals surface area contributed by atoms with Gasteiger partial charge in [0.2, 0.25) is 5.91 Å². The third-order valence-electron chi connectivity index (χ3n) is 7.20. The van der Waals surface area contributed by atoms with E-state index < -0.39 is 47.0 Å². The van der Waals surface area contributed by atoms with Crippen molar-refractivity contribution < 1.29 is 24.2 Å². The molecule has 0 spiro atoms. The van der Waals surface area contributed by atoms with Crippen molar-refractivity contribution in [2.45, 2.75) is 64.3 Å². The zero-order valence-corrected chi connectivity index (χ0v) is 22.4. The maximum atomic E-state index is 13.9. The van der Waals surface area contributed by atoms with Crippen LogP contribution in [0.2, 0.25) is 0 Å². The summed E-state index contributed by atoms with van der Waals surface area (Å²) in [5.74, 6) is -1.29. The van der Waals surface area contributed by atoms with Crippen LogP contribution in [0.15, 0.2) is 53.3 Å². The normalized spacial score (nSPS) is 18.2. The number of nitrogens with zero attached hydrogens (tertiary/aromatic N) is 2. The Balaban J connectivity index is 1.49. The van der Waals surface area contributed by atoms with Crippen molar-refractivity contribution in [2.24, 2.45) is 0 Å². The van der Waals surface area contributed by atoms with Crippen molar-refractivity contribution in [3.05, 3.63) is 98.2 Å². The van der Waals surface area contributed by atoms with Crippen molar-refractivity contribution in [3.63, 3.8) is 0 Å². The summed E-state index contributed by atoms with van der Waals surface area (Å²) in [5.41, 5.74) is 0.956. The van der Waals surface area contributed by atoms with E-state index in [4.69, 9.17) is 0 Å². The van der Waals surface area contributed by atoms with Crippen LogP contribution in [-0.2, 0) is 4.79 Å². The number of rotatable bonds is 7. The summed E-state index contributed by atoms with van der Waals surface area (Å²) in [4.78, 5) is 40.0. The third kappa shape index (κ3) is 6.07. The number of carbonyl (C=O) groups is 2. The van der Waals surface area contributed by atoms with E-state index in [9.17, 15) is 29.0 Å². The Kier molecular flexibility index (Phi) is 7.99. The van der Waals surface area contributed by atoms with E-state index >= 15 is 0 Å². The molecule has 1 aliphatic heterocycles. The second-order valence-electron chi connectivity index (χ2n) is 10.6. The maximum Gasteiger partial charge on any atom is 0.270 e. The average Bonchev–Trinajstić information content (AvgIpc) is 3.34. The maximum absolute atomic E-state index is 13.9. The quantitative estimate of drug-likeness (QED) is 0.367. The van der Waals surface area contributed by atoms with E-state index in [0.717, 1.165) is 0 Å². The summed E-state index contributed by atoms with van der Waals surface area (Å²) in [5, 5.41) is 30.3. The van der Waals surface area contributed by atoms with E-state index in [1.807, 2.05) is 0 Å². The highest BCUT2D eigenvalue weighted by atomic mass is 19.1. The number of halogens is 1. The van der Waals surface area contributed by atoms with Crippen molar-refractivity contribution in [2.75, 3.05) is 6.54 Å². The predicted octanol–water partition coefficient (Wildman–Crippen LogP) is 2.84. The Bertz CT molecular complexity index is 1450. The monoisotopic (exact) mass is 536 g/mol. The first-order valence-corrected chi connectivity index (χ1v) is 12.8. The highest BCUT2D eigenvalue weighted by molar-refractivity contribution is 5.96. The van der Waals surface area contributed by atoms with Crippen LogP contribution in [0, 0.1) is 19.7 Å². The van der Waals surface area contributed by atoms with Crippen LogP contribution in [0.1, 0.15) is 77.1 Å². The number of hydrogen-bond acceptors (Lipinski definition) is 6. The molecule has 2 amide bonds. The lowest BCUT2D eigenvalue weighted by atomic mass is 9.96. The number of hydrogen-bond donors (Lipinski definition) is 4. The van der Waals surface area contributed by atoms with Crippen LogP contribution in [0.3, 0.4) is 0 Å². The lowest BCUT2D eigenvalue weighted by Crippen LogP contribution is -2.51. The molecule has 4 N–H and O–H groups in total. The lowest BCUT2D eigenvalue weighted by Gasteiger charge is -2.37. The molecule has 1 aromatic heterocycles. The first-order valence-electron chi connectivity index (χ1n) is 12.8. The summed E-state index contributed by atoms with van der Waals surface area (Å²) in [6.07, 6.45) is -0.115. The fourth-order valence-corrected chi connectivity index (χ4v) is 5.26. The van der Waals surface area contributed by atoms with Crippen LogP contribution < -0.4 is 10.9 Å². The molecule has 39 heavy (non-hydrogen) atoms. The second kappa shape index (κ2) is 11.1. The van der Waals surface area contributed by atoms with E-state index in [1.54, 1.807) is 56.9 Å². The zero-order valence-electron chi connectivity index (χ0n) is 22.4. The fourth-order valence-electron chi connectivity index (χ4n) is 5.26. The second-order valence-corrected chi connectivity index (χ2v) is 10.6. The zero-order chi connectivity index (χ0) is 28.5. The molecule has 2 unspecified atom stereocenters. The lowest BCUT2D eigenvalue weighted by molar-refractivity contribution is -0.138. The Morgan fingerprint density at radius 2 is 1.90 bits per heavy atom. The topological polar surface area (TPSA) is 136 Å². The van der Waals surface area contributed by atoms with Crippen molar-refractivity contribution in [1.82, 2.24) is 20.4 Å².